The first-order chi connectivity index (χ1) is 14.3. The third-order valence-electron chi connectivity index (χ3n) is 4.16. The van der Waals surface area contributed by atoms with Crippen LogP contribution < -0.4 is 20.1 Å². The van der Waals surface area contributed by atoms with Gasteiger partial charge in [0, 0.05) is 50.7 Å². The van der Waals surface area contributed by atoms with E-state index >= 15 is 0 Å². The number of hydrogen-bond acceptors (Lipinski definition) is 6. The minimum Gasteiger partial charge on any atom is -0.490 e. The van der Waals surface area contributed by atoms with Crippen molar-refractivity contribution in [2.75, 3.05) is 56.8 Å². The Morgan fingerprint density at radius 1 is 1.20 bits per heavy atom. The number of nitrogens with one attached hydrogen (secondary N) is 2. The molecule has 0 aliphatic carbocycles. The van der Waals surface area contributed by atoms with Crippen LogP contribution in [0.4, 0.5) is 5.69 Å². The summed E-state index contributed by atoms with van der Waals surface area (Å²) in [6.45, 7) is 8.05. The van der Waals surface area contributed by atoms with Gasteiger partial charge in [-0.1, -0.05) is 13.8 Å². The van der Waals surface area contributed by atoms with Crippen molar-refractivity contribution in [1.82, 2.24) is 5.32 Å². The molecule has 0 aromatic heterocycles. The smallest absolute Gasteiger partial charge is 0.195 e. The fraction of sp³-hybridized carbons (Fsp3) is 0.667. The predicted molar refractivity (Wildman–Crippen MR) is 121 cm³/mol. The first kappa shape index (κ1) is 24.3. The van der Waals surface area contributed by atoms with Gasteiger partial charge in [0.05, 0.1) is 19.0 Å². The van der Waals surface area contributed by atoms with Crippen molar-refractivity contribution in [2.45, 2.75) is 33.1 Å². The first-order valence-corrected chi connectivity index (χ1v) is 12.6. The molecular weight excluding hydrogens is 406 g/mol. The van der Waals surface area contributed by atoms with Crippen LogP contribution in [0, 0.1) is 5.92 Å². The van der Waals surface area contributed by atoms with E-state index in [-0.39, 0.29) is 5.75 Å². The predicted octanol–water partition coefficient (Wildman–Crippen LogP) is 2.70. The van der Waals surface area contributed by atoms with Crippen LogP contribution in [0.25, 0.3) is 0 Å². The molecule has 0 saturated carbocycles. The van der Waals surface area contributed by atoms with Gasteiger partial charge in [0.15, 0.2) is 17.5 Å². The van der Waals surface area contributed by atoms with Gasteiger partial charge in [-0.15, -0.1) is 0 Å². The fourth-order valence-corrected chi connectivity index (χ4v) is 3.39. The standard InChI is InChI=1S/C21H35N3O5S/c1-17(2)16-27-11-4-9-22-21(23-10-5-14-30(3,25)26)24-18-7-8-19-20(15-18)29-13-6-12-28-19/h7-8,15,17H,4-6,9-14,16H2,1-3H3,(H2,22,23,24). The molecule has 0 spiro atoms. The molecule has 9 heteroatoms. The van der Waals surface area contributed by atoms with Crippen molar-refractivity contribution in [1.29, 1.82) is 0 Å². The summed E-state index contributed by atoms with van der Waals surface area (Å²) in [6, 6.07) is 5.68. The Hall–Kier alpha value is -2.00. The Bertz CT molecular complexity index is 781. The largest absolute Gasteiger partial charge is 0.490 e. The average Bonchev–Trinajstić information content (AvgIpc) is 2.91. The van der Waals surface area contributed by atoms with E-state index in [1.807, 2.05) is 18.2 Å². The maximum absolute atomic E-state index is 11.3. The highest BCUT2D eigenvalue weighted by molar-refractivity contribution is 7.90. The Kier molecular flexibility index (Phi) is 10.2. The van der Waals surface area contributed by atoms with E-state index in [0.29, 0.717) is 57.0 Å². The lowest BCUT2D eigenvalue weighted by Crippen LogP contribution is -2.32. The first-order valence-electron chi connectivity index (χ1n) is 10.5. The Balaban J connectivity index is 1.93. The maximum atomic E-state index is 11.3. The van der Waals surface area contributed by atoms with E-state index in [1.54, 1.807) is 0 Å². The van der Waals surface area contributed by atoms with Crippen LogP contribution in [-0.4, -0.2) is 65.9 Å². The SMILES string of the molecule is CC(C)COCCCNC(=NCCCS(C)(=O)=O)Nc1ccc2c(c1)OCCCO2. The molecule has 1 aromatic rings. The Labute approximate surface area is 180 Å². The van der Waals surface area contributed by atoms with Gasteiger partial charge >= 0.3 is 0 Å². The molecule has 30 heavy (non-hydrogen) atoms. The molecule has 170 valence electrons. The molecular formula is C21H35N3O5S. The number of fused-ring (bicyclic) bond motifs is 1. The summed E-state index contributed by atoms with van der Waals surface area (Å²) < 4.78 is 39.7. The summed E-state index contributed by atoms with van der Waals surface area (Å²) in [4.78, 5) is 4.52. The second kappa shape index (κ2) is 12.6. The zero-order valence-corrected chi connectivity index (χ0v) is 19.1. The number of sulfone groups is 1. The topological polar surface area (TPSA) is 98.2 Å². The van der Waals surface area contributed by atoms with Crippen LogP contribution in [0.5, 0.6) is 11.5 Å². The van der Waals surface area contributed by atoms with E-state index in [0.717, 1.165) is 30.9 Å². The van der Waals surface area contributed by atoms with Gasteiger partial charge in [0.25, 0.3) is 0 Å². The van der Waals surface area contributed by atoms with Crippen molar-refractivity contribution in [3.63, 3.8) is 0 Å². The zero-order valence-electron chi connectivity index (χ0n) is 18.3. The molecule has 0 radical (unpaired) electrons. The maximum Gasteiger partial charge on any atom is 0.195 e. The molecule has 1 aliphatic rings. The van der Waals surface area contributed by atoms with Crippen molar-refractivity contribution >= 4 is 21.5 Å². The highest BCUT2D eigenvalue weighted by Crippen LogP contribution is 2.32. The number of anilines is 1. The summed E-state index contributed by atoms with van der Waals surface area (Å²) >= 11 is 0. The third kappa shape index (κ3) is 10.2. The van der Waals surface area contributed by atoms with E-state index in [1.165, 1.54) is 6.26 Å². The molecule has 1 aromatic carbocycles. The summed E-state index contributed by atoms with van der Waals surface area (Å²) in [6.07, 6.45) is 3.41. The minimum absolute atomic E-state index is 0.122. The summed E-state index contributed by atoms with van der Waals surface area (Å²) in [5.41, 5.74) is 0.824. The van der Waals surface area contributed by atoms with Gasteiger partial charge in [-0.3, -0.25) is 4.99 Å². The molecule has 0 amide bonds. The lowest BCUT2D eigenvalue weighted by atomic mass is 10.2. The van der Waals surface area contributed by atoms with E-state index in [2.05, 4.69) is 29.5 Å². The summed E-state index contributed by atoms with van der Waals surface area (Å²) in [7, 11) is -2.99. The van der Waals surface area contributed by atoms with Crippen molar-refractivity contribution < 1.29 is 22.6 Å². The van der Waals surface area contributed by atoms with Gasteiger partial charge in [-0.2, -0.15) is 0 Å². The highest BCUT2D eigenvalue weighted by Gasteiger charge is 2.11. The second-order valence-corrected chi connectivity index (χ2v) is 10.1. The van der Waals surface area contributed by atoms with Crippen molar-refractivity contribution in [2.24, 2.45) is 10.9 Å². The number of benzene rings is 1. The molecule has 0 saturated heterocycles. The van der Waals surface area contributed by atoms with Gasteiger partial charge in [0.1, 0.15) is 9.84 Å². The van der Waals surface area contributed by atoms with Gasteiger partial charge < -0.3 is 24.8 Å². The molecule has 0 fully saturated rings. The van der Waals surface area contributed by atoms with E-state index in [4.69, 9.17) is 14.2 Å². The normalized spacial score (nSPS) is 14.5. The third-order valence-corrected chi connectivity index (χ3v) is 5.19. The molecule has 0 unspecified atom stereocenters. The summed E-state index contributed by atoms with van der Waals surface area (Å²) in [5.74, 6) is 2.68. The molecule has 2 N–H and O–H groups in total. The average molecular weight is 442 g/mol. The minimum atomic E-state index is -2.99. The zero-order chi connectivity index (χ0) is 21.8. The Morgan fingerprint density at radius 3 is 2.70 bits per heavy atom. The van der Waals surface area contributed by atoms with Gasteiger partial charge in [-0.05, 0) is 30.9 Å². The quantitative estimate of drug-likeness (QED) is 0.309. The summed E-state index contributed by atoms with van der Waals surface area (Å²) in [5, 5.41) is 6.55. The van der Waals surface area contributed by atoms with Crippen molar-refractivity contribution in [3.05, 3.63) is 18.2 Å². The van der Waals surface area contributed by atoms with Crippen LogP contribution in [0.15, 0.2) is 23.2 Å². The van der Waals surface area contributed by atoms with Crippen LogP contribution in [0.3, 0.4) is 0 Å². The number of ether oxygens (including phenoxy) is 3. The number of guanidine groups is 1. The van der Waals surface area contributed by atoms with Gasteiger partial charge in [-0.25, -0.2) is 8.42 Å². The Morgan fingerprint density at radius 2 is 1.97 bits per heavy atom. The van der Waals surface area contributed by atoms with Crippen LogP contribution in [0.2, 0.25) is 0 Å². The number of aliphatic imine (C=N–C) groups is 1. The molecule has 0 atom stereocenters. The number of rotatable bonds is 11. The lowest BCUT2D eigenvalue weighted by molar-refractivity contribution is 0.108. The molecule has 8 nitrogen and oxygen atoms in total. The van der Waals surface area contributed by atoms with Crippen LogP contribution in [-0.2, 0) is 14.6 Å². The molecule has 1 heterocycles. The molecule has 0 bridgehead atoms. The van der Waals surface area contributed by atoms with Crippen molar-refractivity contribution in [3.8, 4) is 11.5 Å². The van der Waals surface area contributed by atoms with Gasteiger partial charge in [0.2, 0.25) is 0 Å². The van der Waals surface area contributed by atoms with Crippen LogP contribution in [0.1, 0.15) is 33.1 Å². The molecule has 1 aliphatic heterocycles. The molecule has 2 rings (SSSR count). The van der Waals surface area contributed by atoms with E-state index < -0.39 is 9.84 Å². The van der Waals surface area contributed by atoms with Crippen LogP contribution >= 0.6 is 0 Å². The number of nitrogens with zero attached hydrogens (tertiary/aromatic N) is 1. The highest BCUT2D eigenvalue weighted by atomic mass is 32.2. The fourth-order valence-electron chi connectivity index (χ4n) is 2.74. The number of hydrogen-bond donors (Lipinski definition) is 2. The lowest BCUT2D eigenvalue weighted by Gasteiger charge is -2.15. The monoisotopic (exact) mass is 441 g/mol. The second-order valence-electron chi connectivity index (χ2n) is 7.80. The van der Waals surface area contributed by atoms with E-state index in [9.17, 15) is 8.42 Å².